The van der Waals surface area contributed by atoms with E-state index in [1.165, 1.54) is 11.0 Å². The number of aliphatic hydroxyl groups is 1. The molecule has 2 aliphatic heterocycles. The van der Waals surface area contributed by atoms with Crippen molar-refractivity contribution in [3.8, 4) is 5.75 Å². The normalized spacial score (nSPS) is 19.6. The van der Waals surface area contributed by atoms with Crippen molar-refractivity contribution in [3.05, 3.63) is 93.5 Å². The predicted molar refractivity (Wildman–Crippen MR) is 148 cm³/mol. The first-order chi connectivity index (χ1) is 18.7. The summed E-state index contributed by atoms with van der Waals surface area (Å²) in [5.74, 6) is -1.79. The summed E-state index contributed by atoms with van der Waals surface area (Å²) >= 11 is 0.965. The summed E-state index contributed by atoms with van der Waals surface area (Å²) in [6, 6.07) is 11.8. The van der Waals surface area contributed by atoms with E-state index in [9.17, 15) is 19.5 Å². The molecule has 0 saturated carbocycles. The van der Waals surface area contributed by atoms with Crippen LogP contribution in [0.5, 0.6) is 5.75 Å². The van der Waals surface area contributed by atoms with Gasteiger partial charge in [-0.25, -0.2) is 9.78 Å². The van der Waals surface area contributed by atoms with Gasteiger partial charge in [-0.05, 0) is 55.2 Å². The van der Waals surface area contributed by atoms with Crippen LogP contribution in [0.15, 0.2) is 60.7 Å². The van der Waals surface area contributed by atoms with E-state index in [0.29, 0.717) is 23.2 Å². The van der Waals surface area contributed by atoms with Crippen molar-refractivity contribution in [2.45, 2.75) is 45.8 Å². The van der Waals surface area contributed by atoms with Gasteiger partial charge in [0.05, 0.1) is 17.3 Å². The lowest BCUT2D eigenvalue weighted by molar-refractivity contribution is -0.132. The summed E-state index contributed by atoms with van der Waals surface area (Å²) < 4.78 is 10.9. The molecule has 3 heterocycles. The smallest absolute Gasteiger partial charge is 0.350 e. The monoisotopic (exact) mass is 544 g/mol. The van der Waals surface area contributed by atoms with Gasteiger partial charge in [-0.3, -0.25) is 14.5 Å². The Kier molecular flexibility index (Phi) is 7.10. The fourth-order valence-electron chi connectivity index (χ4n) is 4.88. The zero-order valence-corrected chi connectivity index (χ0v) is 22.7. The van der Waals surface area contributed by atoms with Gasteiger partial charge in [-0.2, -0.15) is 0 Å². The third-order valence-electron chi connectivity index (χ3n) is 6.83. The first kappa shape index (κ1) is 26.4. The van der Waals surface area contributed by atoms with E-state index in [1.807, 2.05) is 38.1 Å². The summed E-state index contributed by atoms with van der Waals surface area (Å²) in [5.41, 5.74) is 3.39. The Morgan fingerprint density at radius 3 is 2.69 bits per heavy atom. The van der Waals surface area contributed by atoms with E-state index in [2.05, 4.69) is 11.6 Å². The molecular weight excluding hydrogens is 516 g/mol. The number of ketones is 1. The summed E-state index contributed by atoms with van der Waals surface area (Å²) in [6.45, 7) is 9.21. The molecule has 1 saturated heterocycles. The molecule has 0 bridgehead atoms. The second kappa shape index (κ2) is 10.5. The van der Waals surface area contributed by atoms with Gasteiger partial charge in [-0.15, -0.1) is 0 Å². The van der Waals surface area contributed by atoms with E-state index in [1.54, 1.807) is 25.1 Å². The molecule has 3 aromatic rings. The molecule has 0 aliphatic carbocycles. The van der Waals surface area contributed by atoms with Crippen molar-refractivity contribution in [1.82, 2.24) is 4.98 Å². The number of ether oxygens (including phenoxy) is 2. The second-order valence-electron chi connectivity index (χ2n) is 9.52. The number of Topliss-reactive ketones (excluding diaryl/α,β-unsaturated/α-hetero) is 1. The minimum absolute atomic E-state index is 0.0144. The number of hydrogen-bond donors (Lipinski definition) is 1. The standard InChI is InChI=1S/C30H28N2O6S/c1-5-13-37-29(36)27-17(4)31-30(39-27)32-24(19-9-7-18(6-2)8-10-19)23(26(34)28(32)35)25(33)20-11-12-22-21(15-20)14-16(3)38-22/h5,7-12,15-16,24,33H,1,6,13-14H2,2-4H3. The zero-order valence-electron chi connectivity index (χ0n) is 21.9. The maximum Gasteiger partial charge on any atom is 0.350 e. The molecule has 2 aliphatic rings. The van der Waals surface area contributed by atoms with E-state index >= 15 is 0 Å². The average molecular weight is 545 g/mol. The van der Waals surface area contributed by atoms with Crippen LogP contribution in [-0.2, 0) is 27.2 Å². The first-order valence-corrected chi connectivity index (χ1v) is 13.5. The lowest BCUT2D eigenvalue weighted by Crippen LogP contribution is -2.29. The number of hydrogen-bond acceptors (Lipinski definition) is 8. The molecule has 1 N–H and O–H groups in total. The molecule has 1 fully saturated rings. The number of carbonyl (C=O) groups is 3. The number of esters is 1. The van der Waals surface area contributed by atoms with E-state index < -0.39 is 23.7 Å². The Morgan fingerprint density at radius 2 is 2.00 bits per heavy atom. The van der Waals surface area contributed by atoms with Gasteiger partial charge in [0.25, 0.3) is 5.78 Å². The van der Waals surface area contributed by atoms with Gasteiger partial charge in [0, 0.05) is 12.0 Å². The van der Waals surface area contributed by atoms with Crippen LogP contribution in [0.2, 0.25) is 0 Å². The minimum Gasteiger partial charge on any atom is -0.507 e. The van der Waals surface area contributed by atoms with Gasteiger partial charge in [-0.1, -0.05) is 55.2 Å². The largest absolute Gasteiger partial charge is 0.507 e. The van der Waals surface area contributed by atoms with Crippen LogP contribution >= 0.6 is 11.3 Å². The Bertz CT molecular complexity index is 1520. The summed E-state index contributed by atoms with van der Waals surface area (Å²) in [5, 5.41) is 11.7. The van der Waals surface area contributed by atoms with Crippen molar-refractivity contribution >= 4 is 39.9 Å². The van der Waals surface area contributed by atoms with Crippen molar-refractivity contribution in [2.75, 3.05) is 11.5 Å². The van der Waals surface area contributed by atoms with E-state index in [0.717, 1.165) is 34.6 Å². The number of fused-ring (bicyclic) bond motifs is 1. The third-order valence-corrected chi connectivity index (χ3v) is 7.96. The number of thiazole rings is 1. The number of aryl methyl sites for hydroxylation is 2. The highest BCUT2D eigenvalue weighted by Gasteiger charge is 2.48. The molecule has 1 aromatic heterocycles. The van der Waals surface area contributed by atoms with Crippen LogP contribution in [0.3, 0.4) is 0 Å². The number of aromatic nitrogens is 1. The Labute approximate surface area is 230 Å². The minimum atomic E-state index is -0.943. The van der Waals surface area contributed by atoms with Crippen molar-refractivity contribution < 1.29 is 29.0 Å². The Hall–Kier alpha value is -4.24. The number of rotatable bonds is 7. The molecule has 2 unspecified atom stereocenters. The number of amides is 1. The zero-order chi connectivity index (χ0) is 27.8. The van der Waals surface area contributed by atoms with Crippen LogP contribution in [0.25, 0.3) is 5.76 Å². The summed E-state index contributed by atoms with van der Waals surface area (Å²) in [4.78, 5) is 45.5. The topological polar surface area (TPSA) is 106 Å². The lowest BCUT2D eigenvalue weighted by atomic mass is 9.94. The molecule has 0 radical (unpaired) electrons. The van der Waals surface area contributed by atoms with Crippen LogP contribution < -0.4 is 9.64 Å². The molecule has 8 nitrogen and oxygen atoms in total. The molecule has 39 heavy (non-hydrogen) atoms. The quantitative estimate of drug-likeness (QED) is 0.141. The number of anilines is 1. The number of aliphatic hydroxyl groups excluding tert-OH is 1. The maximum atomic E-state index is 13.5. The molecule has 2 atom stereocenters. The Balaban J connectivity index is 1.64. The average Bonchev–Trinajstić information content (AvgIpc) is 3.58. The molecule has 9 heteroatoms. The van der Waals surface area contributed by atoms with E-state index in [-0.39, 0.29) is 34.1 Å². The number of benzene rings is 2. The van der Waals surface area contributed by atoms with Gasteiger partial charge < -0.3 is 14.6 Å². The molecule has 1 amide bonds. The number of carbonyl (C=O) groups excluding carboxylic acids is 3. The van der Waals surface area contributed by atoms with Gasteiger partial charge >= 0.3 is 11.9 Å². The van der Waals surface area contributed by atoms with Gasteiger partial charge in [0.1, 0.15) is 29.1 Å². The second-order valence-corrected chi connectivity index (χ2v) is 10.5. The summed E-state index contributed by atoms with van der Waals surface area (Å²) in [6.07, 6.45) is 2.97. The highest BCUT2D eigenvalue weighted by atomic mass is 32.1. The van der Waals surface area contributed by atoms with Crippen molar-refractivity contribution in [2.24, 2.45) is 0 Å². The van der Waals surface area contributed by atoms with Crippen LogP contribution in [0.1, 0.15) is 57.5 Å². The fraction of sp³-hybridized carbons (Fsp3) is 0.267. The molecule has 5 rings (SSSR count). The highest BCUT2D eigenvalue weighted by molar-refractivity contribution is 7.17. The maximum absolute atomic E-state index is 13.5. The SMILES string of the molecule is C=CCOC(=O)c1sc(N2C(=O)C(=O)C(=C(O)c3ccc4c(c3)CC(C)O4)C2c2ccc(CC)cc2)nc1C. The lowest BCUT2D eigenvalue weighted by Gasteiger charge is -2.23. The van der Waals surface area contributed by atoms with Gasteiger partial charge in [0.2, 0.25) is 0 Å². The molecular formula is C30H28N2O6S. The molecule has 2 aromatic carbocycles. The summed E-state index contributed by atoms with van der Waals surface area (Å²) in [7, 11) is 0. The van der Waals surface area contributed by atoms with Crippen molar-refractivity contribution in [3.63, 3.8) is 0 Å². The van der Waals surface area contributed by atoms with Crippen LogP contribution in [0.4, 0.5) is 5.13 Å². The fourth-order valence-corrected chi connectivity index (χ4v) is 5.87. The van der Waals surface area contributed by atoms with Crippen LogP contribution in [-0.4, -0.2) is 40.5 Å². The third kappa shape index (κ3) is 4.74. The van der Waals surface area contributed by atoms with E-state index in [4.69, 9.17) is 9.47 Å². The number of nitrogens with zero attached hydrogens (tertiary/aromatic N) is 2. The first-order valence-electron chi connectivity index (χ1n) is 12.7. The van der Waals surface area contributed by atoms with Crippen LogP contribution in [0, 0.1) is 6.92 Å². The van der Waals surface area contributed by atoms with Crippen molar-refractivity contribution in [1.29, 1.82) is 0 Å². The molecule has 200 valence electrons. The Morgan fingerprint density at radius 1 is 1.26 bits per heavy atom. The predicted octanol–water partition coefficient (Wildman–Crippen LogP) is 5.31. The molecule has 0 spiro atoms. The highest BCUT2D eigenvalue weighted by Crippen LogP contribution is 2.44. The van der Waals surface area contributed by atoms with Gasteiger partial charge in [0.15, 0.2) is 5.13 Å².